The zero-order valence-electron chi connectivity index (χ0n) is 12.6. The molecule has 1 aromatic heterocycles. The van der Waals surface area contributed by atoms with Crippen molar-refractivity contribution >= 4 is 11.3 Å². The van der Waals surface area contributed by atoms with Crippen LogP contribution in [0.4, 0.5) is 0 Å². The first-order valence-electron chi connectivity index (χ1n) is 8.08. The van der Waals surface area contributed by atoms with Crippen molar-refractivity contribution in [2.45, 2.75) is 71.3 Å². The van der Waals surface area contributed by atoms with Gasteiger partial charge in [-0.25, -0.2) is 0 Å². The Balaban J connectivity index is 1.88. The van der Waals surface area contributed by atoms with E-state index in [4.69, 9.17) is 0 Å². The largest absolute Gasteiger partial charge is 0.309 e. The van der Waals surface area contributed by atoms with Crippen LogP contribution in [0.5, 0.6) is 0 Å². The number of aryl methyl sites for hydroxylation is 1. The molecule has 1 unspecified atom stereocenters. The maximum absolute atomic E-state index is 3.76. The van der Waals surface area contributed by atoms with Gasteiger partial charge in [0.05, 0.1) is 0 Å². The van der Waals surface area contributed by atoms with Gasteiger partial charge in [0.2, 0.25) is 0 Å². The first-order valence-corrected chi connectivity index (χ1v) is 8.96. The molecular weight excluding hydrogens is 250 g/mol. The molecule has 1 aliphatic carbocycles. The van der Waals surface area contributed by atoms with E-state index in [-0.39, 0.29) is 0 Å². The normalized spacial score (nSPS) is 18.6. The summed E-state index contributed by atoms with van der Waals surface area (Å²) in [5.41, 5.74) is 1.47. The Kier molecular flexibility index (Phi) is 6.39. The van der Waals surface area contributed by atoms with Crippen molar-refractivity contribution < 1.29 is 0 Å². The zero-order chi connectivity index (χ0) is 13.5. The average Bonchev–Trinajstić information content (AvgIpc) is 2.86. The summed E-state index contributed by atoms with van der Waals surface area (Å²) in [6.45, 7) is 5.66. The Labute approximate surface area is 122 Å². The van der Waals surface area contributed by atoms with E-state index >= 15 is 0 Å². The van der Waals surface area contributed by atoms with Crippen LogP contribution in [0.2, 0.25) is 0 Å². The molecule has 0 bridgehead atoms. The predicted molar refractivity (Wildman–Crippen MR) is 85.9 cm³/mol. The molecule has 19 heavy (non-hydrogen) atoms. The summed E-state index contributed by atoms with van der Waals surface area (Å²) in [6, 6.07) is 2.86. The molecule has 1 N–H and O–H groups in total. The van der Waals surface area contributed by atoms with Gasteiger partial charge in [0.25, 0.3) is 0 Å². The van der Waals surface area contributed by atoms with Crippen LogP contribution in [0, 0.1) is 12.8 Å². The third-order valence-electron chi connectivity index (χ3n) is 4.45. The van der Waals surface area contributed by atoms with Crippen LogP contribution in [0.15, 0.2) is 11.4 Å². The van der Waals surface area contributed by atoms with E-state index in [1.165, 1.54) is 56.9 Å². The summed E-state index contributed by atoms with van der Waals surface area (Å²) >= 11 is 1.93. The van der Waals surface area contributed by atoms with Crippen LogP contribution in [0.25, 0.3) is 0 Å². The molecule has 1 heterocycles. The lowest BCUT2D eigenvalue weighted by molar-refractivity contribution is 0.315. The fraction of sp³-hybridized carbons (Fsp3) is 0.765. The summed E-state index contributed by atoms with van der Waals surface area (Å²) in [5, 5.41) is 6.00. The topological polar surface area (TPSA) is 12.0 Å². The highest BCUT2D eigenvalue weighted by Gasteiger charge is 2.18. The van der Waals surface area contributed by atoms with E-state index in [2.05, 4.69) is 30.6 Å². The third-order valence-corrected chi connectivity index (χ3v) is 5.58. The first kappa shape index (κ1) is 15.1. The van der Waals surface area contributed by atoms with Gasteiger partial charge in [-0.1, -0.05) is 39.0 Å². The Bertz CT molecular complexity index is 352. The molecule has 1 nitrogen and oxygen atoms in total. The van der Waals surface area contributed by atoms with Gasteiger partial charge in [0.1, 0.15) is 0 Å². The maximum atomic E-state index is 3.76. The van der Waals surface area contributed by atoms with E-state index in [0.29, 0.717) is 6.04 Å². The summed E-state index contributed by atoms with van der Waals surface area (Å²) in [5.74, 6) is 1.000. The van der Waals surface area contributed by atoms with Gasteiger partial charge in [0, 0.05) is 10.9 Å². The lowest BCUT2D eigenvalue weighted by atomic mass is 9.85. The summed E-state index contributed by atoms with van der Waals surface area (Å²) in [4.78, 5) is 1.57. The highest BCUT2D eigenvalue weighted by molar-refractivity contribution is 7.10. The number of rotatable bonds is 7. The van der Waals surface area contributed by atoms with Gasteiger partial charge >= 0.3 is 0 Å². The Morgan fingerprint density at radius 3 is 2.74 bits per heavy atom. The minimum Gasteiger partial charge on any atom is -0.309 e. The summed E-state index contributed by atoms with van der Waals surface area (Å²) < 4.78 is 0. The van der Waals surface area contributed by atoms with Crippen LogP contribution in [-0.2, 0) is 0 Å². The molecular formula is C17H29NS. The van der Waals surface area contributed by atoms with Crippen molar-refractivity contribution in [1.29, 1.82) is 0 Å². The highest BCUT2D eigenvalue weighted by Crippen LogP contribution is 2.32. The van der Waals surface area contributed by atoms with Crippen molar-refractivity contribution in [2.75, 3.05) is 6.54 Å². The fourth-order valence-corrected chi connectivity index (χ4v) is 4.30. The number of hydrogen-bond acceptors (Lipinski definition) is 2. The van der Waals surface area contributed by atoms with Gasteiger partial charge in [0.15, 0.2) is 0 Å². The molecule has 0 aromatic carbocycles. The average molecular weight is 279 g/mol. The van der Waals surface area contributed by atoms with Gasteiger partial charge in [-0.05, 0) is 55.7 Å². The number of nitrogens with one attached hydrogen (secondary N) is 1. The van der Waals surface area contributed by atoms with Gasteiger partial charge < -0.3 is 5.32 Å². The molecule has 1 aromatic rings. The molecule has 1 fully saturated rings. The predicted octanol–water partition coefficient (Wildman–Crippen LogP) is 5.46. The van der Waals surface area contributed by atoms with E-state index < -0.39 is 0 Å². The van der Waals surface area contributed by atoms with E-state index in [0.717, 1.165) is 12.5 Å². The molecule has 1 saturated carbocycles. The van der Waals surface area contributed by atoms with Crippen molar-refractivity contribution in [3.63, 3.8) is 0 Å². The SMILES string of the molecule is CCCNC(CCC1CCCCC1)c1sccc1C. The standard InChI is InChI=1S/C17H29NS/c1-3-12-18-16(17-14(2)11-13-19-17)10-9-15-7-5-4-6-8-15/h11,13,15-16,18H,3-10,12H2,1-2H3. The molecule has 1 atom stereocenters. The molecule has 0 saturated heterocycles. The molecule has 2 heteroatoms. The van der Waals surface area contributed by atoms with Gasteiger partial charge in [-0.3, -0.25) is 0 Å². The Hall–Kier alpha value is -0.340. The number of thiophene rings is 1. The van der Waals surface area contributed by atoms with Crippen molar-refractivity contribution in [2.24, 2.45) is 5.92 Å². The summed E-state index contributed by atoms with van der Waals surface area (Å²) in [7, 11) is 0. The highest BCUT2D eigenvalue weighted by atomic mass is 32.1. The second kappa shape index (κ2) is 8.06. The Morgan fingerprint density at radius 2 is 2.11 bits per heavy atom. The summed E-state index contributed by atoms with van der Waals surface area (Å²) in [6.07, 6.45) is 11.3. The smallest absolute Gasteiger partial charge is 0.0417 e. The molecule has 1 aliphatic rings. The number of hydrogen-bond donors (Lipinski definition) is 1. The maximum Gasteiger partial charge on any atom is 0.0417 e. The minimum atomic E-state index is 0.599. The fourth-order valence-electron chi connectivity index (χ4n) is 3.26. The van der Waals surface area contributed by atoms with Crippen molar-refractivity contribution in [3.8, 4) is 0 Å². The minimum absolute atomic E-state index is 0.599. The zero-order valence-corrected chi connectivity index (χ0v) is 13.4. The van der Waals surface area contributed by atoms with Crippen molar-refractivity contribution in [1.82, 2.24) is 5.32 Å². The lowest BCUT2D eigenvalue weighted by Crippen LogP contribution is -2.23. The van der Waals surface area contributed by atoms with Crippen LogP contribution in [0.1, 0.15) is 74.8 Å². The van der Waals surface area contributed by atoms with Crippen LogP contribution < -0.4 is 5.32 Å². The quantitative estimate of drug-likeness (QED) is 0.699. The van der Waals surface area contributed by atoms with Crippen molar-refractivity contribution in [3.05, 3.63) is 21.9 Å². The van der Waals surface area contributed by atoms with E-state index in [1.54, 1.807) is 4.88 Å². The monoisotopic (exact) mass is 279 g/mol. The first-order chi connectivity index (χ1) is 9.31. The van der Waals surface area contributed by atoms with Crippen LogP contribution >= 0.6 is 11.3 Å². The third kappa shape index (κ3) is 4.61. The van der Waals surface area contributed by atoms with Crippen LogP contribution in [0.3, 0.4) is 0 Å². The molecule has 0 amide bonds. The molecule has 0 spiro atoms. The molecule has 2 rings (SSSR count). The van der Waals surface area contributed by atoms with E-state index in [9.17, 15) is 0 Å². The second-order valence-electron chi connectivity index (χ2n) is 6.06. The van der Waals surface area contributed by atoms with Gasteiger partial charge in [-0.15, -0.1) is 11.3 Å². The molecule has 0 radical (unpaired) electrons. The van der Waals surface area contributed by atoms with Crippen LogP contribution in [-0.4, -0.2) is 6.54 Å². The molecule has 0 aliphatic heterocycles. The van der Waals surface area contributed by atoms with E-state index in [1.807, 2.05) is 11.3 Å². The second-order valence-corrected chi connectivity index (χ2v) is 7.00. The molecule has 108 valence electrons. The Morgan fingerprint density at radius 1 is 1.32 bits per heavy atom. The van der Waals surface area contributed by atoms with Gasteiger partial charge in [-0.2, -0.15) is 0 Å². The lowest BCUT2D eigenvalue weighted by Gasteiger charge is -2.25.